The van der Waals surface area contributed by atoms with E-state index in [1.807, 2.05) is 0 Å². The third-order valence-electron chi connectivity index (χ3n) is 2.36. The molecule has 15 heavy (non-hydrogen) atoms. The van der Waals surface area contributed by atoms with Gasteiger partial charge in [-0.15, -0.1) is 0 Å². The quantitative estimate of drug-likeness (QED) is 0.636. The largest absolute Gasteiger partial charge is 0.395 e. The first-order valence-corrected chi connectivity index (χ1v) is 8.04. The van der Waals surface area contributed by atoms with Crippen LogP contribution in [0.4, 0.5) is 0 Å². The van der Waals surface area contributed by atoms with E-state index < -0.39 is 25.1 Å². The number of nitrogens with one attached hydrogen (secondary N) is 1. The summed E-state index contributed by atoms with van der Waals surface area (Å²) in [5, 5.41) is 7.84. The second kappa shape index (κ2) is 4.77. The lowest BCUT2D eigenvalue weighted by Gasteiger charge is -2.21. The fourth-order valence-electron chi connectivity index (χ4n) is 1.48. The summed E-state index contributed by atoms with van der Waals surface area (Å²) >= 11 is 0. The molecular formula is C7H15NO5S2. The Bertz CT molecular complexity index is 385. The molecule has 2 N–H and O–H groups in total. The van der Waals surface area contributed by atoms with Gasteiger partial charge in [-0.25, -0.2) is 21.6 Å². The zero-order valence-corrected chi connectivity index (χ0v) is 9.85. The molecule has 0 aromatic heterocycles. The normalized spacial score (nSPS) is 22.7. The van der Waals surface area contributed by atoms with E-state index in [1.165, 1.54) is 0 Å². The highest BCUT2D eigenvalue weighted by Crippen LogP contribution is 2.18. The Morgan fingerprint density at radius 3 is 2.27 bits per heavy atom. The van der Waals surface area contributed by atoms with Gasteiger partial charge in [0, 0.05) is 6.54 Å². The van der Waals surface area contributed by atoms with Crippen LogP contribution in [-0.2, 0) is 19.9 Å². The van der Waals surface area contributed by atoms with Crippen molar-refractivity contribution in [2.75, 3.05) is 24.7 Å². The molecule has 0 amide bonds. The van der Waals surface area contributed by atoms with Crippen LogP contribution in [0.25, 0.3) is 0 Å². The van der Waals surface area contributed by atoms with Crippen LogP contribution in [0, 0.1) is 0 Å². The number of rotatable bonds is 4. The van der Waals surface area contributed by atoms with Crippen molar-refractivity contribution in [1.82, 2.24) is 4.72 Å². The molecule has 0 aromatic rings. The van der Waals surface area contributed by atoms with Crippen LogP contribution in [0.2, 0.25) is 0 Å². The van der Waals surface area contributed by atoms with Crippen molar-refractivity contribution in [2.24, 2.45) is 0 Å². The van der Waals surface area contributed by atoms with Crippen molar-refractivity contribution in [3.63, 3.8) is 0 Å². The molecule has 0 radical (unpaired) electrons. The van der Waals surface area contributed by atoms with Crippen molar-refractivity contribution >= 4 is 19.9 Å². The van der Waals surface area contributed by atoms with Crippen LogP contribution in [0.15, 0.2) is 0 Å². The van der Waals surface area contributed by atoms with Crippen molar-refractivity contribution in [2.45, 2.75) is 18.1 Å². The molecule has 1 fully saturated rings. The third kappa shape index (κ3) is 3.71. The summed E-state index contributed by atoms with van der Waals surface area (Å²) in [5.41, 5.74) is 0. The predicted molar refractivity (Wildman–Crippen MR) is 55.7 cm³/mol. The fraction of sp³-hybridized carbons (Fsp3) is 1.00. The van der Waals surface area contributed by atoms with Crippen LogP contribution in [-0.4, -0.2) is 51.8 Å². The van der Waals surface area contributed by atoms with Crippen LogP contribution in [0.3, 0.4) is 0 Å². The highest BCUT2D eigenvalue weighted by molar-refractivity contribution is 7.92. The van der Waals surface area contributed by atoms with E-state index in [9.17, 15) is 16.8 Å². The molecule has 1 heterocycles. The minimum Gasteiger partial charge on any atom is -0.395 e. The SMILES string of the molecule is O=S1(=O)CCC(S(=O)(=O)NCCO)CC1. The Hall–Kier alpha value is -0.180. The van der Waals surface area contributed by atoms with Gasteiger partial charge in [0.1, 0.15) is 9.84 Å². The van der Waals surface area contributed by atoms with Crippen LogP contribution < -0.4 is 4.72 Å². The van der Waals surface area contributed by atoms with Gasteiger partial charge >= 0.3 is 0 Å². The zero-order chi connectivity index (χ0) is 11.5. The van der Waals surface area contributed by atoms with Gasteiger partial charge in [-0.1, -0.05) is 0 Å². The summed E-state index contributed by atoms with van der Waals surface area (Å²) in [5.74, 6) is -0.143. The lowest BCUT2D eigenvalue weighted by molar-refractivity contribution is 0.300. The minimum atomic E-state index is -3.47. The molecule has 0 aromatic carbocycles. The fourth-order valence-corrected chi connectivity index (χ4v) is 4.74. The molecule has 0 unspecified atom stereocenters. The Balaban J connectivity index is 2.60. The molecule has 8 heteroatoms. The lowest BCUT2D eigenvalue weighted by atomic mass is 10.2. The number of hydrogen-bond donors (Lipinski definition) is 2. The van der Waals surface area contributed by atoms with Gasteiger partial charge in [0.05, 0.1) is 23.4 Å². The Morgan fingerprint density at radius 1 is 1.27 bits per heavy atom. The summed E-state index contributed by atoms with van der Waals surface area (Å²) in [6.07, 6.45) is 0.284. The maximum absolute atomic E-state index is 11.5. The van der Waals surface area contributed by atoms with Gasteiger partial charge in [0.2, 0.25) is 10.0 Å². The molecule has 1 saturated heterocycles. The molecule has 0 bridgehead atoms. The Labute approximate surface area is 89.7 Å². The molecule has 0 saturated carbocycles. The van der Waals surface area contributed by atoms with E-state index in [2.05, 4.69) is 4.72 Å². The molecular weight excluding hydrogens is 242 g/mol. The van der Waals surface area contributed by atoms with Crippen molar-refractivity contribution in [3.05, 3.63) is 0 Å². The maximum atomic E-state index is 11.5. The van der Waals surface area contributed by atoms with E-state index in [1.54, 1.807) is 0 Å². The van der Waals surface area contributed by atoms with Gasteiger partial charge in [-0.2, -0.15) is 0 Å². The van der Waals surface area contributed by atoms with E-state index in [4.69, 9.17) is 5.11 Å². The molecule has 0 aliphatic carbocycles. The van der Waals surface area contributed by atoms with Gasteiger partial charge in [0.25, 0.3) is 0 Å². The zero-order valence-electron chi connectivity index (χ0n) is 8.22. The number of sulfonamides is 1. The second-order valence-corrected chi connectivity index (χ2v) is 7.86. The van der Waals surface area contributed by atoms with Gasteiger partial charge in [0.15, 0.2) is 0 Å². The molecule has 90 valence electrons. The summed E-state index contributed by atoms with van der Waals surface area (Å²) < 4.78 is 47.5. The van der Waals surface area contributed by atoms with E-state index >= 15 is 0 Å². The van der Waals surface area contributed by atoms with Gasteiger partial charge in [-0.05, 0) is 12.8 Å². The highest BCUT2D eigenvalue weighted by atomic mass is 32.2. The molecule has 0 atom stereocenters. The summed E-state index contributed by atoms with van der Waals surface area (Å²) in [6.45, 7) is -0.282. The monoisotopic (exact) mass is 257 g/mol. The van der Waals surface area contributed by atoms with Crippen LogP contribution in [0.5, 0.6) is 0 Å². The third-order valence-corrected chi connectivity index (χ3v) is 6.03. The topological polar surface area (TPSA) is 101 Å². The Kier molecular flexibility index (Phi) is 4.10. The van der Waals surface area contributed by atoms with Crippen molar-refractivity contribution in [1.29, 1.82) is 0 Å². The first-order valence-electron chi connectivity index (χ1n) is 4.67. The van der Waals surface area contributed by atoms with Gasteiger partial charge < -0.3 is 5.11 Å². The molecule has 1 aliphatic heterocycles. The summed E-state index contributed by atoms with van der Waals surface area (Å²) in [6, 6.07) is 0. The number of aliphatic hydroxyl groups excluding tert-OH is 1. The van der Waals surface area contributed by atoms with Crippen LogP contribution >= 0.6 is 0 Å². The average molecular weight is 257 g/mol. The molecule has 0 spiro atoms. The number of aliphatic hydroxyl groups is 1. The lowest BCUT2D eigenvalue weighted by Crippen LogP contribution is -2.40. The summed E-state index contributed by atoms with van der Waals surface area (Å²) in [4.78, 5) is 0. The molecule has 1 rings (SSSR count). The van der Waals surface area contributed by atoms with E-state index in [0.29, 0.717) is 0 Å². The van der Waals surface area contributed by atoms with E-state index in [0.717, 1.165) is 0 Å². The maximum Gasteiger partial charge on any atom is 0.214 e. The van der Waals surface area contributed by atoms with Gasteiger partial charge in [-0.3, -0.25) is 0 Å². The molecule has 1 aliphatic rings. The predicted octanol–water partition coefficient (Wildman–Crippen LogP) is -1.52. The first kappa shape index (κ1) is 12.9. The summed E-state index contributed by atoms with van der Waals surface area (Å²) in [7, 11) is -6.51. The van der Waals surface area contributed by atoms with Crippen molar-refractivity contribution in [3.8, 4) is 0 Å². The van der Waals surface area contributed by atoms with Crippen LogP contribution in [0.1, 0.15) is 12.8 Å². The highest BCUT2D eigenvalue weighted by Gasteiger charge is 2.32. The number of hydrogen-bond acceptors (Lipinski definition) is 5. The number of sulfone groups is 1. The second-order valence-electron chi connectivity index (χ2n) is 3.51. The Morgan fingerprint density at radius 2 is 1.80 bits per heavy atom. The average Bonchev–Trinajstić information content (AvgIpc) is 2.14. The smallest absolute Gasteiger partial charge is 0.214 e. The van der Waals surface area contributed by atoms with E-state index in [-0.39, 0.29) is 37.5 Å². The van der Waals surface area contributed by atoms with Crippen molar-refractivity contribution < 1.29 is 21.9 Å². The first-order chi connectivity index (χ1) is 6.87. The standard InChI is InChI=1S/C7H15NO5S2/c9-4-3-8-15(12,13)7-1-5-14(10,11)6-2-7/h7-9H,1-6H2. The molecule has 6 nitrogen and oxygen atoms in total. The minimum absolute atomic E-state index is 0.0222.